The van der Waals surface area contributed by atoms with Crippen LogP contribution in [0.25, 0.3) is 221 Å². The molecule has 0 bridgehead atoms. The zero-order valence-electron chi connectivity index (χ0n) is 79.9. The van der Waals surface area contributed by atoms with Gasteiger partial charge < -0.3 is 27.5 Å². The minimum atomic E-state index is -0.251. The Morgan fingerprint density at radius 2 is 0.354 bits per heavy atom. The Morgan fingerprint density at radius 1 is 0.139 bits per heavy atom. The summed E-state index contributed by atoms with van der Waals surface area (Å²) in [6.45, 7) is 9.55. The molecule has 28 rings (SSSR count). The molecule has 0 fully saturated rings. The fourth-order valence-corrected chi connectivity index (χ4v) is 22.6. The highest BCUT2D eigenvalue weighted by Gasteiger charge is 2.39. The van der Waals surface area contributed by atoms with Gasteiger partial charge in [0, 0.05) is 99.2 Å². The number of nitrogens with zero attached hydrogens (tertiary/aromatic N) is 2. The molecule has 0 aliphatic heterocycles. The first-order valence-corrected chi connectivity index (χ1v) is 49.6. The first kappa shape index (κ1) is 84.9. The van der Waals surface area contributed by atoms with Gasteiger partial charge in [-0.25, -0.2) is 0 Å². The molecule has 0 radical (unpaired) electrons. The Bertz CT molecular complexity index is 9070. The van der Waals surface area contributed by atoms with E-state index in [-0.39, 0.29) is 10.8 Å². The van der Waals surface area contributed by atoms with Crippen molar-refractivity contribution in [1.82, 2.24) is 0 Å². The summed E-state index contributed by atoms with van der Waals surface area (Å²) in [6.07, 6.45) is 0. The van der Waals surface area contributed by atoms with Gasteiger partial charge in [-0.1, -0.05) is 392 Å². The van der Waals surface area contributed by atoms with Crippen molar-refractivity contribution < 1.29 is 17.7 Å². The highest BCUT2D eigenvalue weighted by molar-refractivity contribution is 6.12. The van der Waals surface area contributed by atoms with Crippen LogP contribution in [0.5, 0.6) is 0 Å². The van der Waals surface area contributed by atoms with Gasteiger partial charge in [-0.15, -0.1) is 0 Å². The molecular weight excluding hydrogens is 1750 g/mol. The summed E-state index contributed by atoms with van der Waals surface area (Å²) in [7, 11) is 0. The van der Waals surface area contributed by atoms with Crippen LogP contribution in [0.4, 0.5) is 34.1 Å². The second-order valence-corrected chi connectivity index (χ2v) is 39.3. The van der Waals surface area contributed by atoms with E-state index < -0.39 is 0 Å². The number of rotatable bonds is 16. The summed E-state index contributed by atoms with van der Waals surface area (Å²) in [5.41, 5.74) is 47.3. The van der Waals surface area contributed by atoms with Crippen LogP contribution < -0.4 is 9.80 Å². The second-order valence-electron chi connectivity index (χ2n) is 39.3. The molecule has 2 aliphatic rings. The van der Waals surface area contributed by atoms with Gasteiger partial charge >= 0.3 is 0 Å². The number of fused-ring (bicyclic) bond motifs is 18. The van der Waals surface area contributed by atoms with E-state index in [1.54, 1.807) is 0 Å². The SMILES string of the molecule is CC1(C)c2cc(-c3ccc4oc5ccccc5c4c3)ccc2-c2ccc(N(c3ccc(-c4ccc(-c5ccccc5)cc4)cc3)c3ccc4c(c3)C(C)(C)c3cc(-c5ccc6oc7ccccc7c6c5)ccc3-4)cc21.c1ccc(-c2ccc(-c3ccc(N(c4ccc(-c5ccc(-c6cccc7c6oc6ccccc67)cc5)cc4)c4ccc(-c5ccc(-c6cccc7c6oc6ccccc67)cc5)cc4)cc3)cc2)cc1. The van der Waals surface area contributed by atoms with Gasteiger partial charge in [-0.3, -0.25) is 0 Å². The topological polar surface area (TPSA) is 59.0 Å². The van der Waals surface area contributed by atoms with E-state index in [9.17, 15) is 0 Å². The molecule has 680 valence electrons. The van der Waals surface area contributed by atoms with E-state index in [4.69, 9.17) is 17.7 Å². The number of para-hydroxylation sites is 6. The van der Waals surface area contributed by atoms with Crippen molar-refractivity contribution in [1.29, 1.82) is 0 Å². The molecule has 4 heterocycles. The van der Waals surface area contributed by atoms with E-state index in [1.807, 2.05) is 48.5 Å². The summed E-state index contributed by atoms with van der Waals surface area (Å²) < 4.78 is 25.2. The summed E-state index contributed by atoms with van der Waals surface area (Å²) in [5.74, 6) is 0. The van der Waals surface area contributed by atoms with Crippen molar-refractivity contribution in [3.05, 3.63) is 520 Å². The number of furan rings is 4. The van der Waals surface area contributed by atoms with Crippen LogP contribution in [0.2, 0.25) is 0 Å². The maximum atomic E-state index is 6.37. The number of hydrogen-bond donors (Lipinski definition) is 0. The zero-order valence-corrected chi connectivity index (χ0v) is 79.9. The second kappa shape index (κ2) is 34.3. The van der Waals surface area contributed by atoms with Crippen LogP contribution >= 0.6 is 0 Å². The maximum absolute atomic E-state index is 6.37. The molecule has 144 heavy (non-hydrogen) atoms. The van der Waals surface area contributed by atoms with Gasteiger partial charge in [-0.2, -0.15) is 0 Å². The molecule has 6 heteroatoms. The van der Waals surface area contributed by atoms with Crippen molar-refractivity contribution in [2.75, 3.05) is 9.80 Å². The largest absolute Gasteiger partial charge is 0.456 e. The lowest BCUT2D eigenvalue weighted by Gasteiger charge is -2.30. The predicted molar refractivity (Wildman–Crippen MR) is 601 cm³/mol. The first-order chi connectivity index (χ1) is 70.8. The monoisotopic (exact) mass is 1840 g/mol. The summed E-state index contributed by atoms with van der Waals surface area (Å²) in [6, 6.07) is 180. The number of anilines is 6. The molecule has 4 aromatic heterocycles. The van der Waals surface area contributed by atoms with Gasteiger partial charge in [0.05, 0.1) is 0 Å². The third kappa shape index (κ3) is 14.7. The van der Waals surface area contributed by atoms with E-state index in [1.165, 1.54) is 111 Å². The molecule has 26 aromatic rings. The maximum Gasteiger partial charge on any atom is 0.143 e. The smallest absolute Gasteiger partial charge is 0.143 e. The molecule has 0 amide bonds. The van der Waals surface area contributed by atoms with Gasteiger partial charge in [0.1, 0.15) is 44.7 Å². The van der Waals surface area contributed by atoms with Crippen molar-refractivity contribution in [3.8, 4) is 134 Å². The van der Waals surface area contributed by atoms with Crippen molar-refractivity contribution >= 4 is 122 Å². The van der Waals surface area contributed by atoms with Crippen LogP contribution in [0, 0.1) is 0 Å². The highest BCUT2D eigenvalue weighted by Crippen LogP contribution is 2.56. The molecule has 0 spiro atoms. The molecule has 22 aromatic carbocycles. The fraction of sp³-hybridized carbons (Fsp3) is 0.0435. The fourth-order valence-electron chi connectivity index (χ4n) is 22.6. The number of benzene rings is 22. The summed E-state index contributed by atoms with van der Waals surface area (Å²) in [5, 5.41) is 9.13. The number of hydrogen-bond acceptors (Lipinski definition) is 6. The predicted octanol–water partition coefficient (Wildman–Crippen LogP) is 39.2. The van der Waals surface area contributed by atoms with Gasteiger partial charge in [0.2, 0.25) is 0 Å². The Kier molecular flexibility index (Phi) is 20.2. The van der Waals surface area contributed by atoms with E-state index in [0.29, 0.717) is 0 Å². The first-order valence-electron chi connectivity index (χ1n) is 49.6. The molecule has 2 aliphatic carbocycles. The van der Waals surface area contributed by atoms with Crippen molar-refractivity contribution in [3.63, 3.8) is 0 Å². The average molecular weight is 1840 g/mol. The van der Waals surface area contributed by atoms with Crippen LogP contribution in [0.1, 0.15) is 49.9 Å². The lowest BCUT2D eigenvalue weighted by atomic mass is 9.81. The third-order valence-corrected chi connectivity index (χ3v) is 30.3. The van der Waals surface area contributed by atoms with E-state index >= 15 is 0 Å². The summed E-state index contributed by atoms with van der Waals surface area (Å²) >= 11 is 0. The quantitative estimate of drug-likeness (QED) is 0.0961. The van der Waals surface area contributed by atoms with Crippen LogP contribution in [0.3, 0.4) is 0 Å². The molecule has 6 nitrogen and oxygen atoms in total. The molecule has 0 saturated carbocycles. The average Bonchev–Trinajstić information content (AvgIpc) is 1.57. The zero-order chi connectivity index (χ0) is 95.8. The van der Waals surface area contributed by atoms with Crippen LogP contribution in [-0.2, 0) is 10.8 Å². The van der Waals surface area contributed by atoms with E-state index in [2.05, 4.69) is 486 Å². The Morgan fingerprint density at radius 3 is 0.681 bits per heavy atom. The lowest BCUT2D eigenvalue weighted by Crippen LogP contribution is -2.18. The van der Waals surface area contributed by atoms with Gasteiger partial charge in [0.25, 0.3) is 0 Å². The van der Waals surface area contributed by atoms with Gasteiger partial charge in [-0.05, 0) is 278 Å². The van der Waals surface area contributed by atoms with Crippen molar-refractivity contribution in [2.45, 2.75) is 38.5 Å². The molecule has 0 saturated heterocycles. The molecule has 0 unspecified atom stereocenters. The molecule has 0 atom stereocenters. The van der Waals surface area contributed by atoms with Crippen LogP contribution in [-0.4, -0.2) is 0 Å². The van der Waals surface area contributed by atoms with Gasteiger partial charge in [0.15, 0.2) is 0 Å². The summed E-state index contributed by atoms with van der Waals surface area (Å²) in [4.78, 5) is 4.80. The Labute approximate surface area is 835 Å². The molecule has 0 N–H and O–H groups in total. The van der Waals surface area contributed by atoms with E-state index in [0.717, 1.165) is 166 Å². The van der Waals surface area contributed by atoms with Crippen molar-refractivity contribution in [2.24, 2.45) is 0 Å². The standard InChI is InChI=1S/C72H51NO2.C66H43NO2/c1-71(2)63-40-50(48-26-36-69-61(38-48)59-14-8-10-16-67(59)74-69)24-32-55(63)57-34-30-53(42-65(57)71)73(52-28-22-47(23-29-52)46-20-18-45(19-21-46)44-12-6-5-7-13-44)54-31-35-58-56-33-25-51(41-64(56)72(3,4)66(58)43-54)49-27-37-70-62(39-49)60-15-9-11-17-68(60)75-70;1-2-10-44(11-3-1)45-20-22-46(23-21-45)49-32-38-54(39-33-49)67(55-40-34-50(35-41-55)47-24-28-52(29-25-47)57-14-8-16-61-59-12-4-6-18-63(59)68-65(57)61)56-42-36-51(37-43-56)48-26-30-53(31-27-48)58-15-9-17-62-60-13-5-7-19-64(60)69-66(58)62/h5-43H,1-4H3;1-43H. The Balaban J connectivity index is 0.000000144. The Hall–Kier alpha value is -18.4. The third-order valence-electron chi connectivity index (χ3n) is 30.3. The van der Waals surface area contributed by atoms with Crippen LogP contribution in [0.15, 0.2) is 515 Å². The minimum absolute atomic E-state index is 0.251. The normalized spacial score (nSPS) is 12.7. The highest BCUT2D eigenvalue weighted by atomic mass is 16.3. The lowest BCUT2D eigenvalue weighted by molar-refractivity contribution is 0.660. The molecular formula is C138H94N2O4. The minimum Gasteiger partial charge on any atom is -0.456 e.